The Morgan fingerprint density at radius 1 is 1.19 bits per heavy atom. The molecule has 1 saturated carbocycles. The van der Waals surface area contributed by atoms with Crippen LogP contribution in [0.15, 0.2) is 18.2 Å². The van der Waals surface area contributed by atoms with E-state index in [0.717, 1.165) is 35.4 Å². The van der Waals surface area contributed by atoms with E-state index in [2.05, 4.69) is 19.2 Å². The SMILES string of the molecule is CCCOc1ccc(Cl)cc1NC1CCCC(CC)CC1. The van der Waals surface area contributed by atoms with E-state index in [-0.39, 0.29) is 0 Å². The molecule has 118 valence electrons. The highest BCUT2D eigenvalue weighted by molar-refractivity contribution is 6.30. The molecule has 3 heteroatoms. The zero-order valence-corrected chi connectivity index (χ0v) is 14.1. The molecule has 2 unspecified atom stereocenters. The van der Waals surface area contributed by atoms with Crippen LogP contribution in [0.4, 0.5) is 5.69 Å². The highest BCUT2D eigenvalue weighted by Crippen LogP contribution is 2.32. The molecule has 0 aliphatic heterocycles. The van der Waals surface area contributed by atoms with Crippen molar-refractivity contribution in [3.05, 3.63) is 23.2 Å². The minimum atomic E-state index is 0.545. The summed E-state index contributed by atoms with van der Waals surface area (Å²) in [5.41, 5.74) is 1.05. The molecule has 0 bridgehead atoms. The molecular formula is C18H28ClNO. The summed E-state index contributed by atoms with van der Waals surface area (Å²) in [6, 6.07) is 6.42. The second-order valence-corrected chi connectivity index (χ2v) is 6.55. The standard InChI is InChI=1S/C18H28ClNO/c1-3-12-21-18-11-9-15(19)13-17(18)20-16-7-5-6-14(4-2)8-10-16/h9,11,13-14,16,20H,3-8,10,12H2,1-2H3. The molecule has 2 atom stereocenters. The van der Waals surface area contributed by atoms with Crippen molar-refractivity contribution in [2.45, 2.75) is 64.8 Å². The fourth-order valence-corrected chi connectivity index (χ4v) is 3.28. The Kier molecular flexibility index (Phi) is 6.69. The monoisotopic (exact) mass is 309 g/mol. The smallest absolute Gasteiger partial charge is 0.142 e. The zero-order valence-electron chi connectivity index (χ0n) is 13.3. The summed E-state index contributed by atoms with van der Waals surface area (Å²) in [5.74, 6) is 1.84. The molecular weight excluding hydrogens is 282 g/mol. The van der Waals surface area contributed by atoms with Crippen LogP contribution < -0.4 is 10.1 Å². The highest BCUT2D eigenvalue weighted by Gasteiger charge is 2.18. The van der Waals surface area contributed by atoms with Crippen LogP contribution in [-0.4, -0.2) is 12.6 Å². The molecule has 1 fully saturated rings. The largest absolute Gasteiger partial charge is 0.491 e. The molecule has 2 rings (SSSR count). The first-order chi connectivity index (χ1) is 10.2. The summed E-state index contributed by atoms with van der Waals surface area (Å²) in [6.45, 7) is 5.18. The van der Waals surface area contributed by atoms with Crippen LogP contribution in [0.5, 0.6) is 5.75 Å². The number of rotatable bonds is 6. The summed E-state index contributed by atoms with van der Waals surface area (Å²) in [4.78, 5) is 0. The van der Waals surface area contributed by atoms with Gasteiger partial charge in [0.25, 0.3) is 0 Å². The number of nitrogens with one attached hydrogen (secondary N) is 1. The predicted molar refractivity (Wildman–Crippen MR) is 91.5 cm³/mol. The van der Waals surface area contributed by atoms with Crippen molar-refractivity contribution in [3.63, 3.8) is 0 Å². The Morgan fingerprint density at radius 3 is 2.81 bits per heavy atom. The van der Waals surface area contributed by atoms with Crippen molar-refractivity contribution < 1.29 is 4.74 Å². The Labute approximate surface area is 134 Å². The number of anilines is 1. The predicted octanol–water partition coefficient (Wildman–Crippen LogP) is 5.90. The van der Waals surface area contributed by atoms with Gasteiger partial charge in [0.05, 0.1) is 12.3 Å². The van der Waals surface area contributed by atoms with Crippen LogP contribution in [0.25, 0.3) is 0 Å². The lowest BCUT2D eigenvalue weighted by atomic mass is 9.98. The minimum absolute atomic E-state index is 0.545. The van der Waals surface area contributed by atoms with E-state index in [1.165, 1.54) is 38.5 Å². The number of benzene rings is 1. The molecule has 1 aliphatic carbocycles. The van der Waals surface area contributed by atoms with E-state index in [9.17, 15) is 0 Å². The molecule has 0 amide bonds. The van der Waals surface area contributed by atoms with Crippen molar-refractivity contribution in [1.29, 1.82) is 0 Å². The van der Waals surface area contributed by atoms with Crippen molar-refractivity contribution >= 4 is 17.3 Å². The number of ether oxygens (including phenoxy) is 1. The van der Waals surface area contributed by atoms with E-state index in [1.807, 2.05) is 18.2 Å². The third-order valence-corrected chi connectivity index (χ3v) is 4.66. The van der Waals surface area contributed by atoms with Gasteiger partial charge in [-0.1, -0.05) is 44.7 Å². The number of hydrogen-bond donors (Lipinski definition) is 1. The molecule has 0 aromatic heterocycles. The Hall–Kier alpha value is -0.890. The lowest BCUT2D eigenvalue weighted by molar-refractivity contribution is 0.318. The van der Waals surface area contributed by atoms with Gasteiger partial charge in [0.15, 0.2) is 0 Å². The molecule has 21 heavy (non-hydrogen) atoms. The normalized spacial score (nSPS) is 22.6. The molecule has 0 radical (unpaired) electrons. The van der Waals surface area contributed by atoms with Crippen LogP contribution in [0.1, 0.15) is 58.8 Å². The van der Waals surface area contributed by atoms with Crippen LogP contribution in [0.2, 0.25) is 5.02 Å². The maximum absolute atomic E-state index is 6.15. The van der Waals surface area contributed by atoms with Gasteiger partial charge in [0.2, 0.25) is 0 Å². The van der Waals surface area contributed by atoms with Crippen LogP contribution in [0, 0.1) is 5.92 Å². The van der Waals surface area contributed by atoms with Crippen LogP contribution in [-0.2, 0) is 0 Å². The number of halogens is 1. The molecule has 0 heterocycles. The summed E-state index contributed by atoms with van der Waals surface area (Å²) in [7, 11) is 0. The van der Waals surface area contributed by atoms with Gasteiger partial charge in [0.1, 0.15) is 5.75 Å². The molecule has 1 aromatic rings. The van der Waals surface area contributed by atoms with E-state index >= 15 is 0 Å². The van der Waals surface area contributed by atoms with E-state index in [0.29, 0.717) is 6.04 Å². The maximum Gasteiger partial charge on any atom is 0.142 e. The molecule has 0 saturated heterocycles. The Morgan fingerprint density at radius 2 is 2.05 bits per heavy atom. The average Bonchev–Trinajstić information content (AvgIpc) is 2.72. The molecule has 1 aromatic carbocycles. The topological polar surface area (TPSA) is 21.3 Å². The third-order valence-electron chi connectivity index (χ3n) is 4.43. The van der Waals surface area contributed by atoms with Crippen LogP contribution >= 0.6 is 11.6 Å². The summed E-state index contributed by atoms with van der Waals surface area (Å²) < 4.78 is 5.84. The first-order valence-corrected chi connectivity index (χ1v) is 8.79. The van der Waals surface area contributed by atoms with Gasteiger partial charge in [-0.05, 0) is 49.8 Å². The first kappa shape index (κ1) is 16.5. The van der Waals surface area contributed by atoms with Gasteiger partial charge in [-0.25, -0.2) is 0 Å². The molecule has 1 aliphatic rings. The minimum Gasteiger partial charge on any atom is -0.491 e. The van der Waals surface area contributed by atoms with Gasteiger partial charge >= 0.3 is 0 Å². The van der Waals surface area contributed by atoms with Gasteiger partial charge in [0, 0.05) is 11.1 Å². The van der Waals surface area contributed by atoms with Gasteiger partial charge < -0.3 is 10.1 Å². The fourth-order valence-electron chi connectivity index (χ4n) is 3.10. The van der Waals surface area contributed by atoms with Gasteiger partial charge in [-0.15, -0.1) is 0 Å². The van der Waals surface area contributed by atoms with E-state index in [4.69, 9.17) is 16.3 Å². The molecule has 2 nitrogen and oxygen atoms in total. The Bertz CT molecular complexity index is 435. The maximum atomic E-state index is 6.15. The van der Waals surface area contributed by atoms with Crippen molar-refractivity contribution in [1.82, 2.24) is 0 Å². The summed E-state index contributed by atoms with van der Waals surface area (Å²) in [6.07, 6.45) is 8.86. The quantitative estimate of drug-likeness (QED) is 0.660. The van der Waals surface area contributed by atoms with Gasteiger partial charge in [-0.3, -0.25) is 0 Å². The van der Waals surface area contributed by atoms with E-state index in [1.54, 1.807) is 0 Å². The number of hydrogen-bond acceptors (Lipinski definition) is 2. The van der Waals surface area contributed by atoms with E-state index < -0.39 is 0 Å². The summed E-state index contributed by atoms with van der Waals surface area (Å²) >= 11 is 6.15. The second-order valence-electron chi connectivity index (χ2n) is 6.11. The lowest BCUT2D eigenvalue weighted by Crippen LogP contribution is -2.19. The van der Waals surface area contributed by atoms with Crippen molar-refractivity contribution in [3.8, 4) is 5.75 Å². The molecule has 0 spiro atoms. The summed E-state index contributed by atoms with van der Waals surface area (Å²) in [5, 5.41) is 4.44. The van der Waals surface area contributed by atoms with Crippen molar-refractivity contribution in [2.75, 3.05) is 11.9 Å². The van der Waals surface area contributed by atoms with Gasteiger partial charge in [-0.2, -0.15) is 0 Å². The van der Waals surface area contributed by atoms with Crippen LogP contribution in [0.3, 0.4) is 0 Å². The van der Waals surface area contributed by atoms with Crippen molar-refractivity contribution in [2.24, 2.45) is 5.92 Å². The second kappa shape index (κ2) is 8.53. The average molecular weight is 310 g/mol. The highest BCUT2D eigenvalue weighted by atomic mass is 35.5. The first-order valence-electron chi connectivity index (χ1n) is 8.41. The zero-order chi connectivity index (χ0) is 15.1. The Balaban J connectivity index is 2.02. The third kappa shape index (κ3) is 5.10. The molecule has 1 N–H and O–H groups in total. The lowest BCUT2D eigenvalue weighted by Gasteiger charge is -2.20. The fraction of sp³-hybridized carbons (Fsp3) is 0.667.